The van der Waals surface area contributed by atoms with Crippen LogP contribution in [0.2, 0.25) is 0 Å². The van der Waals surface area contributed by atoms with Crippen molar-refractivity contribution in [3.63, 3.8) is 0 Å². The molecule has 0 bridgehead atoms. The molecule has 266 valence electrons. The summed E-state index contributed by atoms with van der Waals surface area (Å²) in [6.07, 6.45) is 2.54. The normalized spacial score (nSPS) is 12.3. The topological polar surface area (TPSA) is 202 Å². The smallest absolute Gasteiger partial charge is 0.309 e. The summed E-state index contributed by atoms with van der Waals surface area (Å²) in [6, 6.07) is 6.78. The van der Waals surface area contributed by atoms with Gasteiger partial charge >= 0.3 is 5.97 Å². The monoisotopic (exact) mass is 672 g/mol. The van der Waals surface area contributed by atoms with Gasteiger partial charge in [0.15, 0.2) is 0 Å². The molecule has 0 saturated heterocycles. The molecule has 5 N–H and O–H groups in total. The summed E-state index contributed by atoms with van der Waals surface area (Å²) >= 11 is 0. The van der Waals surface area contributed by atoms with Crippen molar-refractivity contribution in [1.29, 1.82) is 0 Å². The molecule has 0 aliphatic rings. The molecule has 1 aromatic heterocycles. The fourth-order valence-corrected chi connectivity index (χ4v) is 4.23. The molecule has 0 spiro atoms. The molecule has 1 aromatic carbocycles. The Bertz CT molecular complexity index is 1400. The lowest BCUT2D eigenvalue weighted by molar-refractivity contribution is -0.151. The van der Waals surface area contributed by atoms with Crippen molar-refractivity contribution >= 4 is 29.4 Å². The van der Waals surface area contributed by atoms with Crippen molar-refractivity contribution in [3.05, 3.63) is 42.7 Å². The number of nitrogens with zero attached hydrogens (tertiary/aromatic N) is 4. The lowest BCUT2D eigenvalue weighted by Gasteiger charge is -2.34. The maximum atomic E-state index is 13.0. The Kier molecular flexibility index (Phi) is 14.4. The van der Waals surface area contributed by atoms with Crippen LogP contribution in [0.4, 0.5) is 5.69 Å². The third-order valence-corrected chi connectivity index (χ3v) is 6.70. The van der Waals surface area contributed by atoms with Crippen LogP contribution in [0, 0.1) is 0 Å². The van der Waals surface area contributed by atoms with Gasteiger partial charge in [-0.2, -0.15) is 0 Å². The molecule has 0 fully saturated rings. The van der Waals surface area contributed by atoms with Crippen LogP contribution in [0.3, 0.4) is 0 Å². The van der Waals surface area contributed by atoms with Gasteiger partial charge in [0.05, 0.1) is 54.0 Å². The number of nitrogens with two attached hydrogens (primary N) is 1. The van der Waals surface area contributed by atoms with Gasteiger partial charge in [0.25, 0.3) is 11.7 Å². The zero-order valence-corrected chi connectivity index (χ0v) is 29.5. The number of carbonyl (C=O) groups excluding carboxylic acids is 4. The number of ether oxygens (including phenoxy) is 3. The highest BCUT2D eigenvalue weighted by molar-refractivity contribution is 5.91. The number of anilines is 1. The molecule has 3 amide bonds. The number of carbonyl (C=O) groups is 4. The van der Waals surface area contributed by atoms with E-state index in [1.54, 1.807) is 65.8 Å². The highest BCUT2D eigenvalue weighted by atomic mass is 16.5. The number of aromatic nitrogens is 4. The second-order valence-corrected chi connectivity index (χ2v) is 14.1. The van der Waals surface area contributed by atoms with Crippen molar-refractivity contribution < 1.29 is 33.4 Å². The average Bonchev–Trinajstić information content (AvgIpc) is 3.47. The maximum Gasteiger partial charge on any atom is 0.309 e. The molecule has 0 radical (unpaired) electrons. The largest absolute Gasteiger partial charge is 0.461 e. The predicted octanol–water partition coefficient (Wildman–Crippen LogP) is 2.84. The zero-order valence-electron chi connectivity index (χ0n) is 29.5. The molecule has 48 heavy (non-hydrogen) atoms. The minimum atomic E-state index is -0.866. The molecule has 2 rings (SSSR count). The van der Waals surface area contributed by atoms with E-state index < -0.39 is 34.2 Å². The van der Waals surface area contributed by atoms with Gasteiger partial charge in [-0.3, -0.25) is 19.2 Å². The summed E-state index contributed by atoms with van der Waals surface area (Å²) in [6.45, 7) is 18.7. The van der Waals surface area contributed by atoms with Gasteiger partial charge < -0.3 is 35.9 Å². The third kappa shape index (κ3) is 14.7. The van der Waals surface area contributed by atoms with E-state index in [0.717, 1.165) is 0 Å². The van der Waals surface area contributed by atoms with Crippen molar-refractivity contribution in [3.8, 4) is 5.69 Å². The number of rotatable bonds is 20. The first-order valence-corrected chi connectivity index (χ1v) is 15.8. The van der Waals surface area contributed by atoms with Crippen LogP contribution >= 0.6 is 0 Å². The maximum absolute atomic E-state index is 13.0. The Morgan fingerprint density at radius 1 is 0.875 bits per heavy atom. The number of esters is 1. The van der Waals surface area contributed by atoms with Crippen LogP contribution in [-0.2, 0) is 28.6 Å². The molecule has 2 aromatic rings. The van der Waals surface area contributed by atoms with Crippen molar-refractivity contribution in [2.24, 2.45) is 5.73 Å². The van der Waals surface area contributed by atoms with E-state index >= 15 is 0 Å². The highest BCUT2D eigenvalue weighted by Gasteiger charge is 2.33. The summed E-state index contributed by atoms with van der Waals surface area (Å²) in [7, 11) is 0. The number of benzene rings is 1. The predicted molar refractivity (Wildman–Crippen MR) is 180 cm³/mol. The molecular weight excluding hydrogens is 620 g/mol. The molecule has 0 aliphatic heterocycles. The van der Waals surface area contributed by atoms with Crippen LogP contribution in [0.1, 0.15) is 91.7 Å². The summed E-state index contributed by atoms with van der Waals surface area (Å²) in [5.74, 6) is -1.46. The first kappa shape index (κ1) is 40.0. The SMILES string of the molecule is C=CCOC(=O)CC(C)(C)OCC(C)(C)NC(=O)CC(C)(C)OCC(C)(C)NC(=O)c1nnn(-c2ccc(NC(=O)CCCN)cc2)n1. The molecule has 0 saturated carbocycles. The Labute approximate surface area is 282 Å². The van der Waals surface area contributed by atoms with E-state index in [-0.39, 0.29) is 50.3 Å². The summed E-state index contributed by atoms with van der Waals surface area (Å²) in [4.78, 5) is 51.0. The first-order valence-electron chi connectivity index (χ1n) is 15.8. The second-order valence-electron chi connectivity index (χ2n) is 14.1. The van der Waals surface area contributed by atoms with Crippen molar-refractivity contribution in [2.75, 3.05) is 31.7 Å². The van der Waals surface area contributed by atoms with Crippen molar-refractivity contribution in [1.82, 2.24) is 30.8 Å². The number of hydrogen-bond acceptors (Lipinski definition) is 11. The third-order valence-electron chi connectivity index (χ3n) is 6.70. The number of tetrazole rings is 1. The van der Waals surface area contributed by atoms with E-state index in [0.29, 0.717) is 30.8 Å². The van der Waals surface area contributed by atoms with E-state index in [4.69, 9.17) is 19.9 Å². The lowest BCUT2D eigenvalue weighted by atomic mass is 10.00. The second kappa shape index (κ2) is 17.3. The fraction of sp³-hybridized carbons (Fsp3) is 0.606. The number of amides is 3. The number of hydrogen-bond donors (Lipinski definition) is 4. The Balaban J connectivity index is 1.86. The first-order chi connectivity index (χ1) is 22.3. The standard InChI is InChI=1S/C33H52N8O7/c1-10-18-46-27(44)20-33(8,9)48-21-30(2,3)36-26(43)19-32(6,7)47-22-31(4,5)37-29(45)28-38-40-41(39-28)24-15-13-23(14-16-24)35-25(42)12-11-17-34/h10,13-16H,1,11-12,17-22,34H2,2-9H3,(H,35,42)(H,36,43)(H,37,45). The van der Waals surface area contributed by atoms with Crippen LogP contribution < -0.4 is 21.7 Å². The molecule has 0 atom stereocenters. The molecule has 0 unspecified atom stereocenters. The highest BCUT2D eigenvalue weighted by Crippen LogP contribution is 2.21. The van der Waals surface area contributed by atoms with Crippen molar-refractivity contribution in [2.45, 2.75) is 103 Å². The fourth-order valence-electron chi connectivity index (χ4n) is 4.23. The zero-order chi connectivity index (χ0) is 36.2. The molecule has 15 heteroatoms. The molecule has 15 nitrogen and oxygen atoms in total. The minimum absolute atomic E-state index is 0.0454. The average molecular weight is 673 g/mol. The number of nitrogens with one attached hydrogen (secondary N) is 3. The van der Waals surface area contributed by atoms with E-state index in [9.17, 15) is 19.2 Å². The van der Waals surface area contributed by atoms with Gasteiger partial charge in [-0.05, 0) is 97.8 Å². The van der Waals surface area contributed by atoms with Gasteiger partial charge in [0.1, 0.15) is 6.61 Å². The Hall–Kier alpha value is -4.21. The van der Waals surface area contributed by atoms with Crippen LogP contribution in [0.5, 0.6) is 0 Å². The molecular formula is C33H52N8O7. The molecule has 0 aliphatic carbocycles. The van der Waals surface area contributed by atoms with E-state index in [2.05, 4.69) is 37.9 Å². The van der Waals surface area contributed by atoms with Gasteiger partial charge in [0.2, 0.25) is 11.8 Å². The quantitative estimate of drug-likeness (QED) is 0.119. The molecule has 1 heterocycles. The summed E-state index contributed by atoms with van der Waals surface area (Å²) < 4.78 is 17.1. The van der Waals surface area contributed by atoms with E-state index in [1.165, 1.54) is 10.9 Å². The Morgan fingerprint density at radius 2 is 1.46 bits per heavy atom. The lowest BCUT2D eigenvalue weighted by Crippen LogP contribution is -2.52. The van der Waals surface area contributed by atoms with Gasteiger partial charge in [0, 0.05) is 12.1 Å². The van der Waals surface area contributed by atoms with Gasteiger partial charge in [-0.1, -0.05) is 12.7 Å². The van der Waals surface area contributed by atoms with Crippen LogP contribution in [-0.4, -0.2) is 92.5 Å². The van der Waals surface area contributed by atoms with Crippen LogP contribution in [0.15, 0.2) is 36.9 Å². The summed E-state index contributed by atoms with van der Waals surface area (Å²) in [5, 5.41) is 20.6. The minimum Gasteiger partial charge on any atom is -0.461 e. The summed E-state index contributed by atoms with van der Waals surface area (Å²) in [5.41, 5.74) is 3.38. The van der Waals surface area contributed by atoms with Crippen LogP contribution in [0.25, 0.3) is 5.69 Å². The van der Waals surface area contributed by atoms with Gasteiger partial charge in [-0.25, -0.2) is 0 Å². The van der Waals surface area contributed by atoms with Gasteiger partial charge in [-0.15, -0.1) is 15.0 Å². The Morgan fingerprint density at radius 3 is 2.04 bits per heavy atom. The van der Waals surface area contributed by atoms with E-state index in [1.807, 2.05) is 13.8 Å².